The third-order valence-corrected chi connectivity index (χ3v) is 5.65. The van der Waals surface area contributed by atoms with Gasteiger partial charge in [-0.2, -0.15) is 0 Å². The molecule has 0 saturated heterocycles. The van der Waals surface area contributed by atoms with Crippen LogP contribution in [0.2, 0.25) is 0 Å². The second kappa shape index (κ2) is 7.40. The minimum absolute atomic E-state index is 0.0920. The quantitative estimate of drug-likeness (QED) is 0.476. The van der Waals surface area contributed by atoms with Gasteiger partial charge < -0.3 is 4.74 Å². The standard InChI is InChI=1S/C22H18N2O3S/c1-14-19(15-8-4-3-5-9-15)20-21(28-14)23-13-24(22(20)26)12-17(25)16-10-6-7-11-18(16)27-2/h3-11,13H,12H2,1-2H3. The summed E-state index contributed by atoms with van der Waals surface area (Å²) in [7, 11) is 1.52. The van der Waals surface area contributed by atoms with Gasteiger partial charge in [0.05, 0.1) is 30.9 Å². The van der Waals surface area contributed by atoms with Crippen LogP contribution in [0.5, 0.6) is 5.75 Å². The average Bonchev–Trinajstić information content (AvgIpc) is 3.07. The molecule has 6 heteroatoms. The van der Waals surface area contributed by atoms with Crippen LogP contribution in [0.25, 0.3) is 21.3 Å². The van der Waals surface area contributed by atoms with Crippen molar-refractivity contribution in [2.24, 2.45) is 0 Å². The zero-order valence-corrected chi connectivity index (χ0v) is 16.3. The van der Waals surface area contributed by atoms with Gasteiger partial charge in [-0.3, -0.25) is 14.2 Å². The lowest BCUT2D eigenvalue weighted by atomic mass is 10.0. The first-order chi connectivity index (χ1) is 13.6. The molecule has 0 amide bonds. The van der Waals surface area contributed by atoms with E-state index in [9.17, 15) is 9.59 Å². The maximum Gasteiger partial charge on any atom is 0.263 e. The average molecular weight is 390 g/mol. The normalized spacial score (nSPS) is 10.9. The minimum atomic E-state index is -0.212. The molecular formula is C22H18N2O3S. The highest BCUT2D eigenvalue weighted by Crippen LogP contribution is 2.35. The molecule has 0 saturated carbocycles. The second-order valence-electron chi connectivity index (χ2n) is 6.38. The van der Waals surface area contributed by atoms with Crippen LogP contribution in [0.15, 0.2) is 65.7 Å². The zero-order valence-electron chi connectivity index (χ0n) is 15.5. The van der Waals surface area contributed by atoms with Crippen molar-refractivity contribution in [2.45, 2.75) is 13.5 Å². The Morgan fingerprint density at radius 3 is 2.57 bits per heavy atom. The van der Waals surface area contributed by atoms with E-state index < -0.39 is 0 Å². The Morgan fingerprint density at radius 2 is 1.82 bits per heavy atom. The van der Waals surface area contributed by atoms with Gasteiger partial charge >= 0.3 is 0 Å². The number of rotatable bonds is 5. The highest BCUT2D eigenvalue weighted by molar-refractivity contribution is 7.19. The number of methoxy groups -OCH3 is 1. The van der Waals surface area contributed by atoms with Gasteiger partial charge in [0.1, 0.15) is 10.6 Å². The van der Waals surface area contributed by atoms with Crippen LogP contribution >= 0.6 is 11.3 Å². The van der Waals surface area contributed by atoms with Crippen molar-refractivity contribution < 1.29 is 9.53 Å². The van der Waals surface area contributed by atoms with E-state index in [1.165, 1.54) is 29.3 Å². The number of thiophene rings is 1. The second-order valence-corrected chi connectivity index (χ2v) is 7.58. The van der Waals surface area contributed by atoms with Crippen molar-refractivity contribution in [1.29, 1.82) is 0 Å². The van der Waals surface area contributed by atoms with Crippen LogP contribution in [0.3, 0.4) is 0 Å². The summed E-state index contributed by atoms with van der Waals surface area (Å²) < 4.78 is 6.63. The molecule has 0 fully saturated rings. The monoisotopic (exact) mass is 390 g/mol. The molecule has 28 heavy (non-hydrogen) atoms. The Labute approximate surface area is 165 Å². The molecule has 0 aliphatic rings. The van der Waals surface area contributed by atoms with Crippen molar-refractivity contribution in [3.8, 4) is 16.9 Å². The molecular weight excluding hydrogens is 372 g/mol. The fourth-order valence-electron chi connectivity index (χ4n) is 3.32. The van der Waals surface area contributed by atoms with Crippen LogP contribution in [0, 0.1) is 6.92 Å². The number of aryl methyl sites for hydroxylation is 1. The van der Waals surface area contributed by atoms with Gasteiger partial charge in [0.15, 0.2) is 5.78 Å². The smallest absolute Gasteiger partial charge is 0.263 e. The summed E-state index contributed by atoms with van der Waals surface area (Å²) in [4.78, 5) is 32.1. The molecule has 0 unspecified atom stereocenters. The molecule has 5 nitrogen and oxygen atoms in total. The summed E-state index contributed by atoms with van der Waals surface area (Å²) in [5, 5.41) is 0.559. The van der Waals surface area contributed by atoms with Gasteiger partial charge in [-0.25, -0.2) is 4.98 Å². The summed E-state index contributed by atoms with van der Waals surface area (Å²) in [5.74, 6) is 0.292. The number of ketones is 1. The van der Waals surface area contributed by atoms with Crippen LogP contribution in [0.1, 0.15) is 15.2 Å². The predicted molar refractivity (Wildman–Crippen MR) is 111 cm³/mol. The number of ether oxygens (including phenoxy) is 1. The third-order valence-electron chi connectivity index (χ3n) is 4.64. The number of para-hydroxylation sites is 1. The van der Waals surface area contributed by atoms with Gasteiger partial charge in [0.25, 0.3) is 5.56 Å². The number of nitrogens with zero attached hydrogens (tertiary/aromatic N) is 2. The number of aromatic nitrogens is 2. The van der Waals surface area contributed by atoms with E-state index in [4.69, 9.17) is 4.74 Å². The number of fused-ring (bicyclic) bond motifs is 1. The Kier molecular flexibility index (Phi) is 4.79. The highest BCUT2D eigenvalue weighted by Gasteiger charge is 2.19. The van der Waals surface area contributed by atoms with E-state index in [2.05, 4.69) is 4.98 Å². The van der Waals surface area contributed by atoms with Crippen LogP contribution in [-0.4, -0.2) is 22.4 Å². The topological polar surface area (TPSA) is 61.2 Å². The third kappa shape index (κ3) is 3.12. The minimum Gasteiger partial charge on any atom is -0.496 e. The SMILES string of the molecule is COc1ccccc1C(=O)Cn1cnc2sc(C)c(-c3ccccc3)c2c1=O. The number of carbonyl (C=O) groups excluding carboxylic acids is 1. The van der Waals surface area contributed by atoms with Gasteiger partial charge in [-0.05, 0) is 24.6 Å². The lowest BCUT2D eigenvalue weighted by Crippen LogP contribution is -2.24. The molecule has 0 radical (unpaired) electrons. The first-order valence-corrected chi connectivity index (χ1v) is 9.62. The van der Waals surface area contributed by atoms with E-state index in [0.29, 0.717) is 21.5 Å². The number of hydrogen-bond donors (Lipinski definition) is 0. The van der Waals surface area contributed by atoms with Gasteiger partial charge in [0.2, 0.25) is 0 Å². The molecule has 140 valence electrons. The van der Waals surface area contributed by atoms with Crippen molar-refractivity contribution in [3.05, 3.63) is 81.7 Å². The Morgan fingerprint density at radius 1 is 1.11 bits per heavy atom. The lowest BCUT2D eigenvalue weighted by Gasteiger charge is -2.09. The van der Waals surface area contributed by atoms with E-state index in [0.717, 1.165) is 16.0 Å². The summed E-state index contributed by atoms with van der Waals surface area (Å²) in [6, 6.07) is 16.8. The maximum absolute atomic E-state index is 13.2. The highest BCUT2D eigenvalue weighted by atomic mass is 32.1. The van der Waals surface area contributed by atoms with Crippen molar-refractivity contribution in [2.75, 3.05) is 7.11 Å². The van der Waals surface area contributed by atoms with Crippen molar-refractivity contribution >= 4 is 27.3 Å². The summed E-state index contributed by atoms with van der Waals surface area (Å²) in [6.07, 6.45) is 1.45. The molecule has 2 aromatic carbocycles. The molecule has 0 aliphatic heterocycles. The van der Waals surface area contributed by atoms with Crippen molar-refractivity contribution in [1.82, 2.24) is 9.55 Å². The summed E-state index contributed by atoms with van der Waals surface area (Å²) >= 11 is 1.49. The molecule has 0 N–H and O–H groups in total. The number of Topliss-reactive ketones (excluding diaryl/α,β-unsaturated/α-hetero) is 1. The number of benzene rings is 2. The number of carbonyl (C=O) groups is 1. The number of hydrogen-bond acceptors (Lipinski definition) is 5. The molecule has 4 rings (SSSR count). The van der Waals surface area contributed by atoms with Gasteiger partial charge in [-0.1, -0.05) is 42.5 Å². The molecule has 2 aromatic heterocycles. The van der Waals surface area contributed by atoms with E-state index in [1.54, 1.807) is 24.3 Å². The van der Waals surface area contributed by atoms with Gasteiger partial charge in [0, 0.05) is 10.4 Å². The first kappa shape index (κ1) is 18.1. The zero-order chi connectivity index (χ0) is 19.7. The maximum atomic E-state index is 13.2. The summed E-state index contributed by atoms with van der Waals surface area (Å²) in [5.41, 5.74) is 2.09. The Balaban J connectivity index is 1.80. The fraction of sp³-hybridized carbons (Fsp3) is 0.136. The van der Waals surface area contributed by atoms with Crippen LogP contribution in [0.4, 0.5) is 0 Å². The fourth-order valence-corrected chi connectivity index (χ4v) is 4.32. The molecule has 4 aromatic rings. The van der Waals surface area contributed by atoms with E-state index >= 15 is 0 Å². The van der Waals surface area contributed by atoms with Crippen LogP contribution < -0.4 is 10.3 Å². The van der Waals surface area contributed by atoms with Gasteiger partial charge in [-0.15, -0.1) is 11.3 Å². The van der Waals surface area contributed by atoms with E-state index in [-0.39, 0.29) is 17.9 Å². The van der Waals surface area contributed by atoms with E-state index in [1.807, 2.05) is 37.3 Å². The molecule has 0 bridgehead atoms. The summed E-state index contributed by atoms with van der Waals surface area (Å²) in [6.45, 7) is 1.89. The first-order valence-electron chi connectivity index (χ1n) is 8.80. The largest absolute Gasteiger partial charge is 0.496 e. The predicted octanol–water partition coefficient (Wildman–Crippen LogP) is 4.32. The molecule has 0 atom stereocenters. The molecule has 0 spiro atoms. The van der Waals surface area contributed by atoms with Crippen molar-refractivity contribution in [3.63, 3.8) is 0 Å². The lowest BCUT2D eigenvalue weighted by molar-refractivity contribution is 0.0967. The Bertz CT molecular complexity index is 1230. The molecule has 2 heterocycles. The van der Waals surface area contributed by atoms with Crippen LogP contribution in [-0.2, 0) is 6.54 Å². The molecule has 0 aliphatic carbocycles. The Hall–Kier alpha value is -3.25.